The van der Waals surface area contributed by atoms with E-state index in [1.54, 1.807) is 0 Å². The zero-order valence-electron chi connectivity index (χ0n) is 15.9. The Morgan fingerprint density at radius 1 is 0.652 bits per heavy atom. The molecule has 0 saturated heterocycles. The largest absolute Gasteiger partial charge is 0.287 e. The standard InChI is InChI=1S/C21H41OS/c1-3-5-6-7-8-9-10-11-12-13-14-15-16-17-18-19-20-21(22)23-4-2/h4H,3,5-20H2,1-2H3. The maximum atomic E-state index is 11.3. The average Bonchev–Trinajstić information content (AvgIpc) is 2.54. The molecular weight excluding hydrogens is 300 g/mol. The van der Waals surface area contributed by atoms with Gasteiger partial charge in [0.05, 0.1) is 0 Å². The van der Waals surface area contributed by atoms with Gasteiger partial charge in [-0.25, -0.2) is 0 Å². The molecule has 0 aromatic rings. The third-order valence-corrected chi connectivity index (χ3v) is 5.19. The smallest absolute Gasteiger partial charge is 0.189 e. The van der Waals surface area contributed by atoms with Gasteiger partial charge in [-0.3, -0.25) is 4.79 Å². The molecule has 0 saturated carbocycles. The number of carbonyl (C=O) groups is 1. The number of unbranched alkanes of at least 4 members (excludes halogenated alkanes) is 15. The Bertz CT molecular complexity index is 240. The molecule has 0 fully saturated rings. The monoisotopic (exact) mass is 341 g/mol. The highest BCUT2D eigenvalue weighted by molar-refractivity contribution is 8.15. The molecule has 0 aliphatic carbocycles. The highest BCUT2D eigenvalue weighted by atomic mass is 32.2. The minimum atomic E-state index is 0.331. The second kappa shape index (κ2) is 20.1. The fourth-order valence-electron chi connectivity index (χ4n) is 3.01. The fourth-order valence-corrected chi connectivity index (χ4v) is 3.53. The van der Waals surface area contributed by atoms with Gasteiger partial charge in [-0.2, -0.15) is 0 Å². The van der Waals surface area contributed by atoms with Gasteiger partial charge in [-0.1, -0.05) is 122 Å². The quantitative estimate of drug-likeness (QED) is 0.234. The lowest BCUT2D eigenvalue weighted by molar-refractivity contribution is -0.111. The molecule has 0 aliphatic heterocycles. The summed E-state index contributed by atoms with van der Waals surface area (Å²) >= 11 is 1.35. The van der Waals surface area contributed by atoms with E-state index in [0.29, 0.717) is 5.12 Å². The Morgan fingerprint density at radius 2 is 1.00 bits per heavy atom. The summed E-state index contributed by atoms with van der Waals surface area (Å²) in [5.41, 5.74) is 0. The summed E-state index contributed by atoms with van der Waals surface area (Å²) in [6, 6.07) is 0. The first-order valence-corrected chi connectivity index (χ1v) is 11.2. The molecule has 23 heavy (non-hydrogen) atoms. The summed E-state index contributed by atoms with van der Waals surface area (Å²) in [6.07, 6.45) is 22.9. The van der Waals surface area contributed by atoms with Gasteiger partial charge in [0.15, 0.2) is 5.12 Å². The van der Waals surface area contributed by atoms with Crippen molar-refractivity contribution in [3.05, 3.63) is 5.75 Å². The minimum Gasteiger partial charge on any atom is -0.287 e. The Kier molecular flexibility index (Phi) is 20.1. The second-order valence-electron chi connectivity index (χ2n) is 6.78. The summed E-state index contributed by atoms with van der Waals surface area (Å²) in [4.78, 5) is 11.3. The molecular formula is C21H41OS. The van der Waals surface area contributed by atoms with E-state index in [0.717, 1.165) is 12.8 Å². The summed E-state index contributed by atoms with van der Waals surface area (Å²) in [5, 5.41) is 0.331. The SMILES string of the molecule is C[CH]SC(=O)CCCCCCCCCCCCCCCCCC. The molecule has 0 bridgehead atoms. The van der Waals surface area contributed by atoms with Gasteiger partial charge in [0.2, 0.25) is 0 Å². The molecule has 0 atom stereocenters. The first-order chi connectivity index (χ1) is 11.3. The van der Waals surface area contributed by atoms with Gasteiger partial charge in [0, 0.05) is 12.2 Å². The molecule has 2 heteroatoms. The summed E-state index contributed by atoms with van der Waals surface area (Å²) in [5.74, 6) is 1.88. The van der Waals surface area contributed by atoms with Crippen LogP contribution in [0.4, 0.5) is 0 Å². The van der Waals surface area contributed by atoms with Crippen molar-refractivity contribution in [3.63, 3.8) is 0 Å². The van der Waals surface area contributed by atoms with Crippen molar-refractivity contribution in [3.8, 4) is 0 Å². The zero-order valence-corrected chi connectivity index (χ0v) is 16.7. The van der Waals surface area contributed by atoms with E-state index in [2.05, 4.69) is 6.92 Å². The van der Waals surface area contributed by atoms with Gasteiger partial charge in [0.25, 0.3) is 0 Å². The third-order valence-electron chi connectivity index (χ3n) is 4.48. The lowest BCUT2D eigenvalue weighted by Gasteiger charge is -2.03. The number of rotatable bonds is 18. The predicted molar refractivity (Wildman–Crippen MR) is 107 cm³/mol. The van der Waals surface area contributed by atoms with Crippen LogP contribution in [0, 0.1) is 5.75 Å². The average molecular weight is 342 g/mol. The van der Waals surface area contributed by atoms with Crippen molar-refractivity contribution >= 4 is 16.9 Å². The maximum Gasteiger partial charge on any atom is 0.189 e. The third kappa shape index (κ3) is 20.0. The molecule has 1 nitrogen and oxygen atoms in total. The lowest BCUT2D eigenvalue weighted by Crippen LogP contribution is -1.90. The summed E-state index contributed by atoms with van der Waals surface area (Å²) < 4.78 is 0. The van der Waals surface area contributed by atoms with Crippen LogP contribution in [0.2, 0.25) is 0 Å². The number of carbonyl (C=O) groups excluding carboxylic acids is 1. The van der Waals surface area contributed by atoms with Crippen LogP contribution in [0.1, 0.15) is 123 Å². The van der Waals surface area contributed by atoms with E-state index in [9.17, 15) is 4.79 Å². The Balaban J connectivity index is 3.01. The van der Waals surface area contributed by atoms with Crippen LogP contribution in [-0.2, 0) is 4.79 Å². The second-order valence-corrected chi connectivity index (χ2v) is 7.94. The van der Waals surface area contributed by atoms with Crippen LogP contribution < -0.4 is 0 Å². The Morgan fingerprint density at radius 3 is 1.35 bits per heavy atom. The van der Waals surface area contributed by atoms with Crippen LogP contribution in [0.25, 0.3) is 0 Å². The molecule has 0 N–H and O–H groups in total. The van der Waals surface area contributed by atoms with Crippen LogP contribution in [0.3, 0.4) is 0 Å². The molecule has 0 aromatic carbocycles. The zero-order chi connectivity index (χ0) is 17.0. The van der Waals surface area contributed by atoms with Gasteiger partial charge >= 0.3 is 0 Å². The van der Waals surface area contributed by atoms with E-state index < -0.39 is 0 Å². The molecule has 0 spiro atoms. The first-order valence-electron chi connectivity index (χ1n) is 10.3. The van der Waals surface area contributed by atoms with Crippen molar-refractivity contribution in [2.24, 2.45) is 0 Å². The van der Waals surface area contributed by atoms with Crippen LogP contribution in [0.15, 0.2) is 0 Å². The van der Waals surface area contributed by atoms with Crippen molar-refractivity contribution in [1.82, 2.24) is 0 Å². The highest BCUT2D eigenvalue weighted by Gasteiger charge is 2.00. The lowest BCUT2D eigenvalue weighted by atomic mass is 10.0. The Labute approximate surface area is 150 Å². The molecule has 0 rings (SSSR count). The van der Waals surface area contributed by atoms with Crippen molar-refractivity contribution < 1.29 is 4.79 Å². The Hall–Kier alpha value is 0.0200. The molecule has 0 unspecified atom stereocenters. The summed E-state index contributed by atoms with van der Waals surface area (Å²) in [6.45, 7) is 4.21. The molecule has 0 amide bonds. The van der Waals surface area contributed by atoms with Crippen molar-refractivity contribution in [2.75, 3.05) is 0 Å². The molecule has 0 aliphatic rings. The topological polar surface area (TPSA) is 17.1 Å². The molecule has 0 aromatic heterocycles. The minimum absolute atomic E-state index is 0.331. The van der Waals surface area contributed by atoms with E-state index in [1.807, 2.05) is 12.7 Å². The van der Waals surface area contributed by atoms with Gasteiger partial charge in [0.1, 0.15) is 0 Å². The number of hydrogen-bond acceptors (Lipinski definition) is 2. The molecule has 0 heterocycles. The maximum absolute atomic E-state index is 11.3. The normalized spacial score (nSPS) is 11.0. The van der Waals surface area contributed by atoms with Crippen LogP contribution >= 0.6 is 11.8 Å². The van der Waals surface area contributed by atoms with Gasteiger partial charge in [-0.05, 0) is 6.42 Å². The van der Waals surface area contributed by atoms with E-state index in [-0.39, 0.29) is 0 Å². The van der Waals surface area contributed by atoms with Crippen LogP contribution in [0.5, 0.6) is 0 Å². The first kappa shape index (κ1) is 23.0. The van der Waals surface area contributed by atoms with E-state index in [4.69, 9.17) is 0 Å². The molecule has 137 valence electrons. The van der Waals surface area contributed by atoms with E-state index >= 15 is 0 Å². The fraction of sp³-hybridized carbons (Fsp3) is 0.905. The van der Waals surface area contributed by atoms with Crippen molar-refractivity contribution in [1.29, 1.82) is 0 Å². The number of hydrogen-bond donors (Lipinski definition) is 0. The van der Waals surface area contributed by atoms with Gasteiger partial charge in [-0.15, -0.1) is 0 Å². The van der Waals surface area contributed by atoms with Crippen molar-refractivity contribution in [2.45, 2.75) is 123 Å². The predicted octanol–water partition coefficient (Wildman–Crippen LogP) is 8.08. The number of thioether (sulfide) groups is 1. The highest BCUT2D eigenvalue weighted by Crippen LogP contribution is 2.15. The van der Waals surface area contributed by atoms with Gasteiger partial charge < -0.3 is 0 Å². The summed E-state index contributed by atoms with van der Waals surface area (Å²) in [7, 11) is 0. The molecule has 1 radical (unpaired) electrons. The van der Waals surface area contributed by atoms with Crippen LogP contribution in [-0.4, -0.2) is 5.12 Å². The van der Waals surface area contributed by atoms with E-state index in [1.165, 1.54) is 108 Å².